The fourth-order valence-corrected chi connectivity index (χ4v) is 2.36. The van der Waals surface area contributed by atoms with Crippen LogP contribution in [0.5, 0.6) is 0 Å². The first-order valence-electron chi connectivity index (χ1n) is 4.00. The van der Waals surface area contributed by atoms with E-state index in [0.717, 1.165) is 16.2 Å². The van der Waals surface area contributed by atoms with E-state index in [1.807, 2.05) is 30.5 Å². The maximum Gasteiger partial charge on any atom is 0.129 e. The number of alkyl halides is 1. The third kappa shape index (κ3) is 1.64. The van der Waals surface area contributed by atoms with Crippen LogP contribution in [0.25, 0.3) is 0 Å². The zero-order valence-corrected chi connectivity index (χ0v) is 8.73. The molecular weight excluding hydrogens is 204 g/mol. The first-order chi connectivity index (χ1) is 6.29. The van der Waals surface area contributed by atoms with Gasteiger partial charge in [-0.25, -0.2) is 0 Å². The Bertz CT molecular complexity index is 377. The Morgan fingerprint density at radius 2 is 2.31 bits per heavy atom. The van der Waals surface area contributed by atoms with Crippen molar-refractivity contribution >= 4 is 22.9 Å². The van der Waals surface area contributed by atoms with Crippen LogP contribution in [0.1, 0.15) is 21.6 Å². The normalized spacial score (nSPS) is 13.1. The number of hydrogen-bond acceptors (Lipinski definition) is 2. The smallest absolute Gasteiger partial charge is 0.129 e. The lowest BCUT2D eigenvalue weighted by molar-refractivity contribution is 0.515. The van der Waals surface area contributed by atoms with Crippen molar-refractivity contribution in [1.82, 2.24) is 0 Å². The molecule has 13 heavy (non-hydrogen) atoms. The van der Waals surface area contributed by atoms with Gasteiger partial charge in [-0.3, -0.25) is 0 Å². The molecule has 1 unspecified atom stereocenters. The van der Waals surface area contributed by atoms with E-state index in [1.165, 1.54) is 0 Å². The molecule has 0 saturated heterocycles. The van der Waals surface area contributed by atoms with Crippen LogP contribution in [0.15, 0.2) is 34.3 Å². The summed E-state index contributed by atoms with van der Waals surface area (Å²) in [6.45, 7) is 2.00. The highest BCUT2D eigenvalue weighted by molar-refractivity contribution is 7.10. The summed E-state index contributed by atoms with van der Waals surface area (Å²) in [6.07, 6.45) is 1.67. The average molecular weight is 213 g/mol. The summed E-state index contributed by atoms with van der Waals surface area (Å²) in [5.41, 5.74) is 1.10. The summed E-state index contributed by atoms with van der Waals surface area (Å²) in [5.74, 6) is 0.851. The fourth-order valence-electron chi connectivity index (χ4n) is 1.21. The number of thiophene rings is 1. The molecule has 2 rings (SSSR count). The van der Waals surface area contributed by atoms with Crippen LogP contribution in [-0.2, 0) is 0 Å². The van der Waals surface area contributed by atoms with Gasteiger partial charge in [0.1, 0.15) is 11.1 Å². The van der Waals surface area contributed by atoms with Gasteiger partial charge in [0.25, 0.3) is 0 Å². The van der Waals surface area contributed by atoms with Gasteiger partial charge in [0.05, 0.1) is 6.26 Å². The molecule has 0 radical (unpaired) electrons. The predicted octanol–water partition coefficient (Wildman–Crippen LogP) is 3.98. The average Bonchev–Trinajstić information content (AvgIpc) is 2.72. The maximum atomic E-state index is 6.24. The van der Waals surface area contributed by atoms with E-state index in [-0.39, 0.29) is 5.38 Å². The van der Waals surface area contributed by atoms with E-state index >= 15 is 0 Å². The van der Waals surface area contributed by atoms with Gasteiger partial charge in [-0.1, -0.05) is 6.07 Å². The molecule has 2 heterocycles. The monoisotopic (exact) mass is 212 g/mol. The van der Waals surface area contributed by atoms with E-state index < -0.39 is 0 Å². The van der Waals surface area contributed by atoms with E-state index in [1.54, 1.807) is 17.6 Å². The molecule has 68 valence electrons. The first kappa shape index (κ1) is 8.85. The highest BCUT2D eigenvalue weighted by atomic mass is 35.5. The maximum absolute atomic E-state index is 6.24. The van der Waals surface area contributed by atoms with Crippen LogP contribution in [0, 0.1) is 6.92 Å². The van der Waals surface area contributed by atoms with E-state index in [0.29, 0.717) is 0 Å². The Morgan fingerprint density at radius 3 is 2.85 bits per heavy atom. The second-order valence-corrected chi connectivity index (χ2v) is 4.26. The highest BCUT2D eigenvalue weighted by Gasteiger charge is 2.16. The molecular formula is C10H9ClOS. The standard InChI is InChI=1S/C10H9ClOS/c1-7-4-5-12-10(7)9(11)8-3-2-6-13-8/h2-6,9H,1H3. The minimum Gasteiger partial charge on any atom is -0.467 e. The Hall–Kier alpha value is -0.730. The third-order valence-corrected chi connectivity index (χ3v) is 3.42. The summed E-state index contributed by atoms with van der Waals surface area (Å²) < 4.78 is 5.32. The summed E-state index contributed by atoms with van der Waals surface area (Å²) in [5, 5.41) is 1.87. The Morgan fingerprint density at radius 1 is 1.46 bits per heavy atom. The minimum atomic E-state index is -0.144. The second kappa shape index (κ2) is 3.56. The lowest BCUT2D eigenvalue weighted by atomic mass is 10.2. The van der Waals surface area contributed by atoms with Gasteiger partial charge in [0, 0.05) is 4.88 Å². The molecule has 3 heteroatoms. The largest absolute Gasteiger partial charge is 0.467 e. The molecule has 0 aliphatic heterocycles. The van der Waals surface area contributed by atoms with Crippen molar-refractivity contribution in [2.24, 2.45) is 0 Å². The molecule has 0 aliphatic rings. The van der Waals surface area contributed by atoms with Crippen molar-refractivity contribution in [3.8, 4) is 0 Å². The topological polar surface area (TPSA) is 13.1 Å². The lowest BCUT2D eigenvalue weighted by Crippen LogP contribution is -1.89. The Kier molecular flexibility index (Phi) is 2.42. The quantitative estimate of drug-likeness (QED) is 0.687. The highest BCUT2D eigenvalue weighted by Crippen LogP contribution is 2.33. The molecule has 0 saturated carbocycles. The van der Waals surface area contributed by atoms with Crippen molar-refractivity contribution in [1.29, 1.82) is 0 Å². The van der Waals surface area contributed by atoms with Gasteiger partial charge < -0.3 is 4.42 Å². The number of halogens is 1. The molecule has 0 aliphatic carbocycles. The minimum absolute atomic E-state index is 0.144. The van der Waals surface area contributed by atoms with Crippen molar-refractivity contribution in [3.63, 3.8) is 0 Å². The number of hydrogen-bond donors (Lipinski definition) is 0. The van der Waals surface area contributed by atoms with Crippen molar-refractivity contribution < 1.29 is 4.42 Å². The molecule has 0 N–H and O–H groups in total. The molecule has 0 amide bonds. The number of furan rings is 1. The van der Waals surface area contributed by atoms with Crippen LogP contribution in [0.4, 0.5) is 0 Å². The van der Waals surface area contributed by atoms with Crippen LogP contribution in [0.3, 0.4) is 0 Å². The molecule has 2 aromatic heterocycles. The van der Waals surface area contributed by atoms with Crippen LogP contribution < -0.4 is 0 Å². The molecule has 0 aromatic carbocycles. The van der Waals surface area contributed by atoms with Gasteiger partial charge in [-0.05, 0) is 30.0 Å². The number of rotatable bonds is 2. The van der Waals surface area contributed by atoms with Gasteiger partial charge in [0.2, 0.25) is 0 Å². The summed E-state index contributed by atoms with van der Waals surface area (Å²) in [4.78, 5) is 1.12. The van der Waals surface area contributed by atoms with Crippen molar-refractivity contribution in [3.05, 3.63) is 46.0 Å². The molecule has 1 atom stereocenters. The van der Waals surface area contributed by atoms with Crippen LogP contribution >= 0.6 is 22.9 Å². The zero-order chi connectivity index (χ0) is 9.26. The number of aryl methyl sites for hydroxylation is 1. The van der Waals surface area contributed by atoms with E-state index in [9.17, 15) is 0 Å². The second-order valence-electron chi connectivity index (χ2n) is 2.85. The molecule has 0 fully saturated rings. The molecule has 0 spiro atoms. The van der Waals surface area contributed by atoms with Gasteiger partial charge in [-0.15, -0.1) is 22.9 Å². The van der Waals surface area contributed by atoms with E-state index in [4.69, 9.17) is 16.0 Å². The van der Waals surface area contributed by atoms with Crippen molar-refractivity contribution in [2.45, 2.75) is 12.3 Å². The Balaban J connectivity index is 2.33. The summed E-state index contributed by atoms with van der Waals surface area (Å²) in [7, 11) is 0. The lowest BCUT2D eigenvalue weighted by Gasteiger charge is -2.04. The Labute approximate surface area is 86.0 Å². The third-order valence-electron chi connectivity index (χ3n) is 1.92. The molecule has 1 nitrogen and oxygen atoms in total. The predicted molar refractivity (Wildman–Crippen MR) is 55.5 cm³/mol. The summed E-state index contributed by atoms with van der Waals surface area (Å²) in [6, 6.07) is 5.94. The van der Waals surface area contributed by atoms with Crippen LogP contribution in [-0.4, -0.2) is 0 Å². The van der Waals surface area contributed by atoms with Gasteiger partial charge in [0.15, 0.2) is 0 Å². The van der Waals surface area contributed by atoms with Gasteiger partial charge in [-0.2, -0.15) is 0 Å². The first-order valence-corrected chi connectivity index (χ1v) is 5.32. The fraction of sp³-hybridized carbons (Fsp3) is 0.200. The molecule has 2 aromatic rings. The van der Waals surface area contributed by atoms with E-state index in [2.05, 4.69) is 0 Å². The summed E-state index contributed by atoms with van der Waals surface area (Å²) >= 11 is 7.88. The van der Waals surface area contributed by atoms with Gasteiger partial charge >= 0.3 is 0 Å². The van der Waals surface area contributed by atoms with Crippen molar-refractivity contribution in [2.75, 3.05) is 0 Å². The molecule has 0 bridgehead atoms. The zero-order valence-electron chi connectivity index (χ0n) is 7.16. The SMILES string of the molecule is Cc1ccoc1C(Cl)c1cccs1. The van der Waals surface area contributed by atoms with Crippen LogP contribution in [0.2, 0.25) is 0 Å².